The highest BCUT2D eigenvalue weighted by Crippen LogP contribution is 2.33. The number of hydrogen-bond acceptors (Lipinski definition) is 7. The molecule has 0 unspecified atom stereocenters. The number of nitrogens with two attached hydrogens (primary N) is 1. The number of thiazole rings is 1. The molecule has 1 aliphatic carbocycles. The highest BCUT2D eigenvalue weighted by Gasteiger charge is 2.25. The van der Waals surface area contributed by atoms with Crippen molar-refractivity contribution in [3.63, 3.8) is 0 Å². The van der Waals surface area contributed by atoms with Crippen LogP contribution in [0, 0.1) is 6.92 Å². The molecular weight excluding hydrogens is 390 g/mol. The summed E-state index contributed by atoms with van der Waals surface area (Å²) in [7, 11) is 0. The lowest BCUT2D eigenvalue weighted by molar-refractivity contribution is -0.134. The third-order valence-electron chi connectivity index (χ3n) is 5.79. The van der Waals surface area contributed by atoms with Crippen LogP contribution < -0.4 is 16.1 Å². The standard InChI is InChI=1S/C21H21N3O4S/c1-11-16(6-5-13-12-3-2-4-14(12)20(26)28-19(11)13)27-10-18(25)24-8-7-15-17(9-24)29-21(22)23-15/h5-6H,2-4,7-10H2,1H3,(H2,22,23). The van der Waals surface area contributed by atoms with Crippen molar-refractivity contribution >= 4 is 33.3 Å². The van der Waals surface area contributed by atoms with E-state index in [2.05, 4.69) is 4.98 Å². The SMILES string of the molecule is Cc1c(OCC(=O)N2CCc3nc(N)sc3C2)ccc2c3c(c(=O)oc12)CCC3. The molecular formula is C21H21N3O4S. The monoisotopic (exact) mass is 411 g/mol. The van der Waals surface area contributed by atoms with Crippen LogP contribution in [0.3, 0.4) is 0 Å². The van der Waals surface area contributed by atoms with E-state index in [0.717, 1.165) is 51.9 Å². The van der Waals surface area contributed by atoms with Gasteiger partial charge < -0.3 is 19.8 Å². The van der Waals surface area contributed by atoms with Gasteiger partial charge >= 0.3 is 5.63 Å². The molecule has 0 radical (unpaired) electrons. The lowest BCUT2D eigenvalue weighted by atomic mass is 10.0. The second-order valence-electron chi connectivity index (χ2n) is 7.54. The van der Waals surface area contributed by atoms with Crippen LogP contribution in [0.4, 0.5) is 5.13 Å². The Morgan fingerprint density at radius 2 is 2.14 bits per heavy atom. The third kappa shape index (κ3) is 3.07. The van der Waals surface area contributed by atoms with Gasteiger partial charge in [0.15, 0.2) is 11.7 Å². The van der Waals surface area contributed by atoms with Gasteiger partial charge in [-0.3, -0.25) is 4.79 Å². The number of carbonyl (C=O) groups is 1. The highest BCUT2D eigenvalue weighted by molar-refractivity contribution is 7.15. The summed E-state index contributed by atoms with van der Waals surface area (Å²) in [4.78, 5) is 32.0. The third-order valence-corrected chi connectivity index (χ3v) is 6.70. The van der Waals surface area contributed by atoms with E-state index < -0.39 is 0 Å². The summed E-state index contributed by atoms with van der Waals surface area (Å²) < 4.78 is 11.4. The van der Waals surface area contributed by atoms with Crippen LogP contribution in [-0.4, -0.2) is 28.9 Å². The zero-order chi connectivity index (χ0) is 20.1. The average Bonchev–Trinajstić information content (AvgIpc) is 3.33. The number of benzene rings is 1. The van der Waals surface area contributed by atoms with E-state index in [4.69, 9.17) is 14.9 Å². The number of aryl methyl sites for hydroxylation is 2. The highest BCUT2D eigenvalue weighted by atomic mass is 32.1. The topological polar surface area (TPSA) is 98.7 Å². The van der Waals surface area contributed by atoms with E-state index in [-0.39, 0.29) is 18.1 Å². The van der Waals surface area contributed by atoms with Gasteiger partial charge in [0.25, 0.3) is 5.91 Å². The Hall–Kier alpha value is -2.87. The van der Waals surface area contributed by atoms with Crippen LogP contribution in [0.15, 0.2) is 21.3 Å². The Kier molecular flexibility index (Phi) is 4.31. The lowest BCUT2D eigenvalue weighted by Crippen LogP contribution is -2.38. The summed E-state index contributed by atoms with van der Waals surface area (Å²) in [6.07, 6.45) is 3.37. The number of fused-ring (bicyclic) bond motifs is 4. The van der Waals surface area contributed by atoms with Crippen LogP contribution in [-0.2, 0) is 30.6 Å². The Balaban J connectivity index is 1.35. The van der Waals surface area contributed by atoms with Crippen LogP contribution in [0.5, 0.6) is 5.75 Å². The van der Waals surface area contributed by atoms with Crippen molar-refractivity contribution in [1.82, 2.24) is 9.88 Å². The molecule has 0 spiro atoms. The maximum Gasteiger partial charge on any atom is 0.339 e. The summed E-state index contributed by atoms with van der Waals surface area (Å²) in [5.41, 5.74) is 9.70. The normalized spacial score (nSPS) is 15.4. The molecule has 2 aliphatic rings. The van der Waals surface area contributed by atoms with Crippen LogP contribution >= 0.6 is 11.3 Å². The molecule has 2 N–H and O–H groups in total. The molecule has 29 heavy (non-hydrogen) atoms. The van der Waals surface area contributed by atoms with Crippen molar-refractivity contribution in [2.45, 2.75) is 39.2 Å². The van der Waals surface area contributed by atoms with Gasteiger partial charge in [-0.05, 0) is 43.9 Å². The van der Waals surface area contributed by atoms with E-state index in [1.54, 1.807) is 4.90 Å². The summed E-state index contributed by atoms with van der Waals surface area (Å²) in [5, 5.41) is 1.51. The van der Waals surface area contributed by atoms with Crippen molar-refractivity contribution in [2.24, 2.45) is 0 Å². The van der Waals surface area contributed by atoms with Crippen molar-refractivity contribution in [1.29, 1.82) is 0 Å². The van der Waals surface area contributed by atoms with Gasteiger partial charge in [-0.25, -0.2) is 9.78 Å². The first kappa shape index (κ1) is 18.2. The van der Waals surface area contributed by atoms with Crippen LogP contribution in [0.25, 0.3) is 11.0 Å². The first-order chi connectivity index (χ1) is 14.0. The van der Waals surface area contributed by atoms with Crippen molar-refractivity contribution < 1.29 is 13.9 Å². The van der Waals surface area contributed by atoms with E-state index in [1.807, 2.05) is 19.1 Å². The predicted octanol–water partition coefficient (Wildman–Crippen LogP) is 2.59. The number of carbonyl (C=O) groups excluding carboxylic acids is 1. The molecule has 1 aliphatic heterocycles. The predicted molar refractivity (Wildman–Crippen MR) is 110 cm³/mol. The number of nitrogen functional groups attached to an aromatic ring is 1. The first-order valence-corrected chi connectivity index (χ1v) is 10.6. The zero-order valence-corrected chi connectivity index (χ0v) is 16.9. The summed E-state index contributed by atoms with van der Waals surface area (Å²) in [6.45, 7) is 2.92. The molecule has 1 amide bonds. The minimum atomic E-state index is -0.255. The second kappa shape index (κ2) is 6.88. The molecule has 5 rings (SSSR count). The molecule has 150 valence electrons. The number of hydrogen-bond donors (Lipinski definition) is 1. The molecule has 7 nitrogen and oxygen atoms in total. The zero-order valence-electron chi connectivity index (χ0n) is 16.1. The lowest BCUT2D eigenvalue weighted by Gasteiger charge is -2.26. The van der Waals surface area contributed by atoms with Crippen LogP contribution in [0.1, 0.15) is 33.7 Å². The molecule has 0 fully saturated rings. The van der Waals surface area contributed by atoms with Crippen molar-refractivity contribution in [3.05, 3.63) is 49.8 Å². The van der Waals surface area contributed by atoms with Gasteiger partial charge in [-0.15, -0.1) is 11.3 Å². The summed E-state index contributed by atoms with van der Waals surface area (Å²) in [5.74, 6) is 0.476. The molecule has 0 saturated carbocycles. The maximum atomic E-state index is 12.7. The number of nitrogens with zero attached hydrogens (tertiary/aromatic N) is 2. The minimum Gasteiger partial charge on any atom is -0.483 e. The molecule has 8 heteroatoms. The second-order valence-corrected chi connectivity index (χ2v) is 8.66. The Morgan fingerprint density at radius 3 is 3.00 bits per heavy atom. The van der Waals surface area contributed by atoms with Gasteiger partial charge in [0.2, 0.25) is 0 Å². The first-order valence-electron chi connectivity index (χ1n) is 9.74. The number of amides is 1. The number of rotatable bonds is 3. The van der Waals surface area contributed by atoms with Gasteiger partial charge in [-0.1, -0.05) is 0 Å². The number of ether oxygens (including phenoxy) is 1. The number of anilines is 1. The van der Waals surface area contributed by atoms with E-state index >= 15 is 0 Å². The maximum absolute atomic E-state index is 12.7. The minimum absolute atomic E-state index is 0.0643. The smallest absolute Gasteiger partial charge is 0.339 e. The fourth-order valence-electron chi connectivity index (χ4n) is 4.28. The van der Waals surface area contributed by atoms with Crippen molar-refractivity contribution in [3.8, 4) is 5.75 Å². The Bertz CT molecular complexity index is 1200. The summed E-state index contributed by atoms with van der Waals surface area (Å²) >= 11 is 1.43. The van der Waals surface area contributed by atoms with Gasteiger partial charge in [-0.2, -0.15) is 0 Å². The quantitative estimate of drug-likeness (QED) is 0.665. The van der Waals surface area contributed by atoms with Crippen molar-refractivity contribution in [2.75, 3.05) is 18.9 Å². The van der Waals surface area contributed by atoms with E-state index in [0.29, 0.717) is 36.0 Å². The Morgan fingerprint density at radius 1 is 1.31 bits per heavy atom. The molecule has 1 aromatic carbocycles. The van der Waals surface area contributed by atoms with E-state index in [9.17, 15) is 9.59 Å². The molecule has 2 aromatic heterocycles. The number of aromatic nitrogens is 1. The largest absolute Gasteiger partial charge is 0.483 e. The molecule has 0 atom stereocenters. The fourth-order valence-corrected chi connectivity index (χ4v) is 5.17. The average molecular weight is 411 g/mol. The molecule has 3 heterocycles. The fraction of sp³-hybridized carbons (Fsp3) is 0.381. The molecule has 0 saturated heterocycles. The van der Waals surface area contributed by atoms with Gasteiger partial charge in [0.1, 0.15) is 11.3 Å². The molecule has 3 aromatic rings. The van der Waals surface area contributed by atoms with E-state index in [1.165, 1.54) is 11.3 Å². The van der Waals surface area contributed by atoms with Gasteiger partial charge in [0.05, 0.1) is 12.2 Å². The van der Waals surface area contributed by atoms with Crippen LogP contribution in [0.2, 0.25) is 0 Å². The summed E-state index contributed by atoms with van der Waals surface area (Å²) in [6, 6.07) is 3.80. The Labute approximate surface area is 171 Å². The van der Waals surface area contributed by atoms with Gasteiger partial charge in [0, 0.05) is 34.4 Å². The molecule has 0 bridgehead atoms.